The molecule has 1 atom stereocenters. The van der Waals surface area contributed by atoms with Crippen LogP contribution in [0.1, 0.15) is 33.4 Å². The van der Waals surface area contributed by atoms with Gasteiger partial charge in [-0.15, -0.1) is 0 Å². The lowest BCUT2D eigenvalue weighted by atomic mass is 10.2. The zero-order valence-electron chi connectivity index (χ0n) is 21.5. The van der Waals surface area contributed by atoms with Crippen molar-refractivity contribution in [2.45, 2.75) is 46.3 Å². The van der Waals surface area contributed by atoms with Crippen molar-refractivity contribution in [2.75, 3.05) is 25.5 Å². The highest BCUT2D eigenvalue weighted by Gasteiger charge is 2.26. The molecule has 36 heavy (non-hydrogen) atoms. The third kappa shape index (κ3) is 7.94. The number of pyridine rings is 1. The molecular weight excluding hydrogens is 478 g/mol. The van der Waals surface area contributed by atoms with Crippen LogP contribution in [0.2, 0.25) is 0 Å². The molecule has 0 bridgehead atoms. The van der Waals surface area contributed by atoms with E-state index in [1.54, 1.807) is 33.8 Å². The molecule has 0 fully saturated rings. The van der Waals surface area contributed by atoms with Gasteiger partial charge in [0.05, 0.1) is 11.4 Å². The topological polar surface area (TPSA) is 106 Å². The summed E-state index contributed by atoms with van der Waals surface area (Å²) in [6.07, 6.45) is 1.28. The second-order valence-electron chi connectivity index (χ2n) is 9.26. The molecule has 3 rings (SSSR count). The largest absolute Gasteiger partial charge is 0.492 e. The van der Waals surface area contributed by atoms with Crippen molar-refractivity contribution < 1.29 is 19.1 Å². The molecule has 0 radical (unpaired) electrons. The number of carbonyl (C=O) groups is 2. The van der Waals surface area contributed by atoms with Gasteiger partial charge in [0.25, 0.3) is 0 Å². The molecule has 1 aromatic carbocycles. The van der Waals surface area contributed by atoms with Crippen molar-refractivity contribution in [3.8, 4) is 16.2 Å². The number of rotatable bonds is 9. The van der Waals surface area contributed by atoms with Crippen LogP contribution >= 0.6 is 11.3 Å². The number of hydrogen-bond donors (Lipinski definition) is 2. The first kappa shape index (κ1) is 26.9. The Morgan fingerprint density at radius 2 is 1.89 bits per heavy atom. The van der Waals surface area contributed by atoms with Crippen LogP contribution in [0.3, 0.4) is 0 Å². The van der Waals surface area contributed by atoms with Gasteiger partial charge in [-0.05, 0) is 40.2 Å². The highest BCUT2D eigenvalue weighted by molar-refractivity contribution is 7.18. The van der Waals surface area contributed by atoms with Crippen molar-refractivity contribution in [1.82, 2.24) is 20.2 Å². The molecular formula is C26H33N5O4S. The molecule has 0 unspecified atom stereocenters. The predicted octanol–water partition coefficient (Wildman–Crippen LogP) is 5.01. The van der Waals surface area contributed by atoms with Gasteiger partial charge in [-0.25, -0.2) is 14.8 Å². The Morgan fingerprint density at radius 3 is 2.58 bits per heavy atom. The van der Waals surface area contributed by atoms with Crippen LogP contribution in [0.5, 0.6) is 5.75 Å². The van der Waals surface area contributed by atoms with Crippen molar-refractivity contribution in [2.24, 2.45) is 0 Å². The Morgan fingerprint density at radius 1 is 1.17 bits per heavy atom. The number of hydrogen-bond acceptors (Lipinski definition) is 8. The highest BCUT2D eigenvalue weighted by Crippen LogP contribution is 2.30. The third-order valence-corrected chi connectivity index (χ3v) is 6.00. The maximum atomic E-state index is 12.4. The van der Waals surface area contributed by atoms with Crippen LogP contribution in [0, 0.1) is 6.92 Å². The standard InChI is InChI=1S/C26H33N5O4S/c1-17-14-20(34-13-12-27-23(32)18(2)31(6)25(33)35-26(3,4)5)15-22(29-17)30-24-28-16-21(36-24)19-10-8-7-9-11-19/h7-11,14-16,18H,12-13H2,1-6H3,(H,27,32)(H,28,29,30)/t18-/m0/s1. The molecule has 192 valence electrons. The summed E-state index contributed by atoms with van der Waals surface area (Å²) in [6.45, 7) is 9.40. The molecule has 3 aromatic rings. The van der Waals surface area contributed by atoms with Gasteiger partial charge in [0, 0.05) is 31.1 Å². The summed E-state index contributed by atoms with van der Waals surface area (Å²) >= 11 is 1.54. The van der Waals surface area contributed by atoms with E-state index < -0.39 is 17.7 Å². The van der Waals surface area contributed by atoms with Gasteiger partial charge < -0.3 is 20.1 Å². The molecule has 0 aliphatic heterocycles. The van der Waals surface area contributed by atoms with Gasteiger partial charge in [-0.2, -0.15) is 0 Å². The summed E-state index contributed by atoms with van der Waals surface area (Å²) in [4.78, 5) is 35.9. The number of benzene rings is 1. The van der Waals surface area contributed by atoms with E-state index in [1.165, 1.54) is 23.3 Å². The molecule has 0 saturated heterocycles. The quantitative estimate of drug-likeness (QED) is 0.389. The van der Waals surface area contributed by atoms with E-state index in [1.807, 2.05) is 49.5 Å². The normalized spacial score (nSPS) is 11.9. The first-order valence-electron chi connectivity index (χ1n) is 11.6. The minimum Gasteiger partial charge on any atom is -0.492 e. The molecule has 9 nitrogen and oxygen atoms in total. The van der Waals surface area contributed by atoms with Crippen LogP contribution in [-0.2, 0) is 9.53 Å². The zero-order valence-corrected chi connectivity index (χ0v) is 22.3. The Hall–Kier alpha value is -3.66. The zero-order chi connectivity index (χ0) is 26.3. The van der Waals surface area contributed by atoms with E-state index in [-0.39, 0.29) is 19.1 Å². The number of aryl methyl sites for hydroxylation is 1. The van der Waals surface area contributed by atoms with Gasteiger partial charge in [-0.3, -0.25) is 9.69 Å². The number of amides is 2. The van der Waals surface area contributed by atoms with Crippen LogP contribution in [0.15, 0.2) is 48.7 Å². The third-order valence-electron chi connectivity index (χ3n) is 5.04. The van der Waals surface area contributed by atoms with E-state index in [0.717, 1.165) is 21.3 Å². The van der Waals surface area contributed by atoms with Gasteiger partial charge >= 0.3 is 6.09 Å². The minimum absolute atomic E-state index is 0.257. The number of nitrogens with one attached hydrogen (secondary N) is 2. The summed E-state index contributed by atoms with van der Waals surface area (Å²) in [5.41, 5.74) is 1.26. The fraction of sp³-hybridized carbons (Fsp3) is 0.385. The Kier molecular flexibility index (Phi) is 8.87. The first-order valence-corrected chi connectivity index (χ1v) is 12.5. The monoisotopic (exact) mass is 511 g/mol. The van der Waals surface area contributed by atoms with Crippen LogP contribution in [0.25, 0.3) is 10.4 Å². The fourth-order valence-corrected chi connectivity index (χ4v) is 3.95. The van der Waals surface area contributed by atoms with E-state index in [2.05, 4.69) is 20.6 Å². The molecule has 0 aliphatic rings. The number of nitrogens with zero attached hydrogens (tertiary/aromatic N) is 3. The molecule has 2 heterocycles. The summed E-state index contributed by atoms with van der Waals surface area (Å²) in [5.74, 6) is 0.951. The molecule has 2 N–H and O–H groups in total. The molecule has 10 heteroatoms. The lowest BCUT2D eigenvalue weighted by molar-refractivity contribution is -0.125. The van der Waals surface area contributed by atoms with Crippen LogP contribution in [0.4, 0.5) is 15.7 Å². The van der Waals surface area contributed by atoms with Crippen molar-refractivity contribution in [3.05, 3.63) is 54.4 Å². The molecule has 0 saturated carbocycles. The molecule has 0 aliphatic carbocycles. The summed E-state index contributed by atoms with van der Waals surface area (Å²) in [5, 5.41) is 6.75. The number of carbonyl (C=O) groups excluding carboxylic acids is 2. The molecule has 2 amide bonds. The maximum Gasteiger partial charge on any atom is 0.410 e. The average molecular weight is 512 g/mol. The van der Waals surface area contributed by atoms with Crippen LogP contribution < -0.4 is 15.4 Å². The summed E-state index contributed by atoms with van der Waals surface area (Å²) in [7, 11) is 1.54. The van der Waals surface area contributed by atoms with E-state index in [9.17, 15) is 9.59 Å². The SMILES string of the molecule is Cc1cc(OCCNC(=O)[C@H](C)N(C)C(=O)OC(C)(C)C)cc(Nc2ncc(-c3ccccc3)s2)n1. The van der Waals surface area contributed by atoms with Crippen molar-refractivity contribution in [1.29, 1.82) is 0 Å². The highest BCUT2D eigenvalue weighted by atomic mass is 32.1. The van der Waals surface area contributed by atoms with Gasteiger partial charge in [0.1, 0.15) is 29.8 Å². The smallest absolute Gasteiger partial charge is 0.410 e. The van der Waals surface area contributed by atoms with Gasteiger partial charge in [0.15, 0.2) is 5.13 Å². The predicted molar refractivity (Wildman–Crippen MR) is 142 cm³/mol. The van der Waals surface area contributed by atoms with Crippen molar-refractivity contribution >= 4 is 34.3 Å². The van der Waals surface area contributed by atoms with Gasteiger partial charge in [-0.1, -0.05) is 41.7 Å². The Balaban J connectivity index is 1.50. The second kappa shape index (κ2) is 11.9. The van der Waals surface area contributed by atoms with E-state index >= 15 is 0 Å². The lowest BCUT2D eigenvalue weighted by Gasteiger charge is -2.28. The number of thiazole rings is 1. The molecule has 0 spiro atoms. The fourth-order valence-electron chi connectivity index (χ4n) is 3.12. The molecule has 2 aromatic heterocycles. The maximum absolute atomic E-state index is 12.4. The summed E-state index contributed by atoms with van der Waals surface area (Å²) in [6, 6.07) is 13.0. The number of ether oxygens (including phenoxy) is 2. The Bertz CT molecular complexity index is 1180. The number of likely N-dealkylation sites (N-methyl/N-ethyl adjacent to an activating group) is 1. The minimum atomic E-state index is -0.683. The Labute approximate surface area is 215 Å². The first-order chi connectivity index (χ1) is 17.0. The number of anilines is 2. The van der Waals surface area contributed by atoms with Gasteiger partial charge in [0.2, 0.25) is 5.91 Å². The number of aromatic nitrogens is 2. The van der Waals surface area contributed by atoms with Crippen molar-refractivity contribution in [3.63, 3.8) is 0 Å². The van der Waals surface area contributed by atoms with Crippen LogP contribution in [-0.4, -0.2) is 58.7 Å². The van der Waals surface area contributed by atoms with E-state index in [0.29, 0.717) is 11.6 Å². The van der Waals surface area contributed by atoms with E-state index in [4.69, 9.17) is 9.47 Å². The lowest BCUT2D eigenvalue weighted by Crippen LogP contribution is -2.48. The average Bonchev–Trinajstić information content (AvgIpc) is 3.28. The summed E-state index contributed by atoms with van der Waals surface area (Å²) < 4.78 is 11.1. The second-order valence-corrected chi connectivity index (χ2v) is 10.3.